The van der Waals surface area contributed by atoms with E-state index < -0.39 is 11.7 Å². The van der Waals surface area contributed by atoms with Crippen LogP contribution in [0.3, 0.4) is 0 Å². The quantitative estimate of drug-likeness (QED) is 0.234. The fourth-order valence-corrected chi connectivity index (χ4v) is 4.39. The number of benzene rings is 3. The van der Waals surface area contributed by atoms with Crippen molar-refractivity contribution in [3.8, 4) is 22.7 Å². The standard InChI is InChI=1S/C29H23ClF3N3O/c1-17-8-11-22(14-18(17)2)36-28-27(19(3)35-36)24(29(31,32)33)15-26(34-28)20-9-12-23(13-10-20)37-16-21-6-4-5-7-25(21)30/h4-15H,16H2,1-3H3. The molecule has 0 radical (unpaired) electrons. The third kappa shape index (κ3) is 4.91. The lowest BCUT2D eigenvalue weighted by molar-refractivity contribution is -0.136. The Hall–Kier alpha value is -3.84. The maximum atomic E-state index is 14.2. The zero-order valence-electron chi connectivity index (χ0n) is 20.4. The van der Waals surface area contributed by atoms with Crippen LogP contribution in [-0.4, -0.2) is 14.8 Å². The molecule has 0 amide bonds. The van der Waals surface area contributed by atoms with Crippen LogP contribution in [0.2, 0.25) is 5.02 Å². The van der Waals surface area contributed by atoms with Gasteiger partial charge in [-0.25, -0.2) is 9.67 Å². The van der Waals surface area contributed by atoms with Crippen LogP contribution in [-0.2, 0) is 12.8 Å². The summed E-state index contributed by atoms with van der Waals surface area (Å²) in [5, 5.41) is 5.04. The lowest BCUT2D eigenvalue weighted by Gasteiger charge is -2.13. The maximum absolute atomic E-state index is 14.2. The fraction of sp³-hybridized carbons (Fsp3) is 0.172. The molecule has 0 aliphatic rings. The van der Waals surface area contributed by atoms with Gasteiger partial charge in [-0.05, 0) is 80.4 Å². The maximum Gasteiger partial charge on any atom is 0.417 e. The van der Waals surface area contributed by atoms with Crippen LogP contribution in [0.1, 0.15) is 27.9 Å². The van der Waals surface area contributed by atoms with Gasteiger partial charge in [0.2, 0.25) is 0 Å². The Morgan fingerprint density at radius 2 is 1.62 bits per heavy atom. The van der Waals surface area contributed by atoms with Gasteiger partial charge in [0.15, 0.2) is 5.65 Å². The number of fused-ring (bicyclic) bond motifs is 1. The lowest BCUT2D eigenvalue weighted by Crippen LogP contribution is -2.08. The summed E-state index contributed by atoms with van der Waals surface area (Å²) >= 11 is 6.18. The van der Waals surface area contributed by atoms with E-state index in [9.17, 15) is 13.2 Å². The number of rotatable bonds is 5. The van der Waals surface area contributed by atoms with Gasteiger partial charge in [0.1, 0.15) is 12.4 Å². The highest BCUT2D eigenvalue weighted by molar-refractivity contribution is 6.31. The topological polar surface area (TPSA) is 39.9 Å². The third-order valence-corrected chi connectivity index (χ3v) is 6.72. The molecular weight excluding hydrogens is 499 g/mol. The number of nitrogens with zero attached hydrogens (tertiary/aromatic N) is 3. The molecule has 3 aromatic carbocycles. The number of halogens is 4. The molecule has 0 atom stereocenters. The summed E-state index contributed by atoms with van der Waals surface area (Å²) in [6.45, 7) is 5.77. The van der Waals surface area contributed by atoms with Crippen LogP contribution < -0.4 is 4.74 Å². The first kappa shape index (κ1) is 24.8. The summed E-state index contributed by atoms with van der Waals surface area (Å²) in [5.74, 6) is 0.566. The molecule has 2 aromatic heterocycles. The van der Waals surface area contributed by atoms with Crippen LogP contribution in [0.4, 0.5) is 13.2 Å². The minimum absolute atomic E-state index is 0.00540. The molecule has 0 N–H and O–H groups in total. The highest BCUT2D eigenvalue weighted by Gasteiger charge is 2.36. The smallest absolute Gasteiger partial charge is 0.417 e. The number of aromatic nitrogens is 3. The van der Waals surface area contributed by atoms with Crippen LogP contribution in [0.25, 0.3) is 28.0 Å². The molecule has 4 nitrogen and oxygen atoms in total. The molecule has 0 saturated carbocycles. The summed E-state index contributed by atoms with van der Waals surface area (Å²) < 4.78 is 49.9. The van der Waals surface area contributed by atoms with Crippen LogP contribution in [0.15, 0.2) is 72.8 Å². The van der Waals surface area contributed by atoms with E-state index in [1.54, 1.807) is 37.3 Å². The van der Waals surface area contributed by atoms with Gasteiger partial charge in [0, 0.05) is 16.1 Å². The van der Waals surface area contributed by atoms with Crippen molar-refractivity contribution in [2.45, 2.75) is 33.6 Å². The van der Waals surface area contributed by atoms with Gasteiger partial charge in [-0.2, -0.15) is 18.3 Å². The normalized spacial score (nSPS) is 11.8. The molecule has 37 heavy (non-hydrogen) atoms. The molecule has 0 bridgehead atoms. The molecule has 0 aliphatic heterocycles. The summed E-state index contributed by atoms with van der Waals surface area (Å²) in [7, 11) is 0. The van der Waals surface area contributed by atoms with Crippen molar-refractivity contribution in [1.29, 1.82) is 0 Å². The van der Waals surface area contributed by atoms with E-state index in [1.165, 1.54) is 4.68 Å². The number of hydrogen-bond acceptors (Lipinski definition) is 3. The fourth-order valence-electron chi connectivity index (χ4n) is 4.20. The summed E-state index contributed by atoms with van der Waals surface area (Å²) in [4.78, 5) is 4.65. The average Bonchev–Trinajstić information content (AvgIpc) is 3.20. The molecule has 2 heterocycles. The van der Waals surface area contributed by atoms with Gasteiger partial charge < -0.3 is 4.74 Å². The molecule has 5 rings (SSSR count). The molecule has 0 saturated heterocycles. The highest BCUT2D eigenvalue weighted by Crippen LogP contribution is 2.39. The predicted octanol–water partition coefficient (Wildman–Crippen LogP) is 8.26. The Balaban J connectivity index is 1.56. The number of ether oxygens (including phenoxy) is 1. The minimum Gasteiger partial charge on any atom is -0.489 e. The molecular formula is C29H23ClF3N3O. The van der Waals surface area contributed by atoms with Crippen LogP contribution in [0.5, 0.6) is 5.75 Å². The Bertz CT molecular complexity index is 1610. The Kier molecular flexibility index (Phi) is 6.42. The van der Waals surface area contributed by atoms with E-state index >= 15 is 0 Å². The van der Waals surface area contributed by atoms with Gasteiger partial charge in [-0.3, -0.25) is 0 Å². The number of pyridine rings is 1. The average molecular weight is 522 g/mol. The van der Waals surface area contributed by atoms with Crippen molar-refractivity contribution in [3.63, 3.8) is 0 Å². The van der Waals surface area contributed by atoms with E-state index in [1.807, 2.05) is 50.2 Å². The summed E-state index contributed by atoms with van der Waals surface area (Å²) in [6, 6.07) is 20.9. The molecule has 8 heteroatoms. The zero-order chi connectivity index (χ0) is 26.3. The SMILES string of the molecule is Cc1ccc(-n2nc(C)c3c(C(F)(F)F)cc(-c4ccc(OCc5ccccc5Cl)cc4)nc32)cc1C. The van der Waals surface area contributed by atoms with Crippen molar-refractivity contribution in [1.82, 2.24) is 14.8 Å². The first-order chi connectivity index (χ1) is 17.6. The van der Waals surface area contributed by atoms with Crippen molar-refractivity contribution < 1.29 is 17.9 Å². The van der Waals surface area contributed by atoms with Crippen molar-refractivity contribution in [2.24, 2.45) is 0 Å². The molecule has 0 spiro atoms. The van der Waals surface area contributed by atoms with Gasteiger partial charge in [-0.15, -0.1) is 0 Å². The molecule has 5 aromatic rings. The largest absolute Gasteiger partial charge is 0.489 e. The molecule has 188 valence electrons. The second-order valence-corrected chi connectivity index (χ2v) is 9.33. The van der Waals surface area contributed by atoms with Gasteiger partial charge >= 0.3 is 6.18 Å². The van der Waals surface area contributed by atoms with Crippen LogP contribution in [0, 0.1) is 20.8 Å². The Morgan fingerprint density at radius 3 is 2.30 bits per heavy atom. The van der Waals surface area contributed by atoms with Gasteiger partial charge in [0.25, 0.3) is 0 Å². The van der Waals surface area contributed by atoms with Crippen LogP contribution >= 0.6 is 11.6 Å². The monoisotopic (exact) mass is 521 g/mol. The Labute approximate surface area is 217 Å². The molecule has 0 unspecified atom stereocenters. The minimum atomic E-state index is -4.57. The van der Waals surface area contributed by atoms with E-state index in [2.05, 4.69) is 10.1 Å². The van der Waals surface area contributed by atoms with Gasteiger partial charge in [-0.1, -0.05) is 35.9 Å². The number of aryl methyl sites for hydroxylation is 3. The number of alkyl halides is 3. The predicted molar refractivity (Wildman–Crippen MR) is 139 cm³/mol. The summed E-state index contributed by atoms with van der Waals surface area (Å²) in [5.41, 5.74) is 3.97. The van der Waals surface area contributed by atoms with Crippen molar-refractivity contribution in [2.75, 3.05) is 0 Å². The molecule has 0 fully saturated rings. The summed E-state index contributed by atoms with van der Waals surface area (Å²) in [6.07, 6.45) is -4.57. The second kappa shape index (κ2) is 9.56. The molecule has 0 aliphatic carbocycles. The van der Waals surface area contributed by atoms with Gasteiger partial charge in [0.05, 0.1) is 28.0 Å². The van der Waals surface area contributed by atoms with E-state index in [4.69, 9.17) is 16.3 Å². The second-order valence-electron chi connectivity index (χ2n) is 8.92. The Morgan fingerprint density at radius 1 is 0.892 bits per heavy atom. The third-order valence-electron chi connectivity index (χ3n) is 6.36. The van der Waals surface area contributed by atoms with E-state index in [0.29, 0.717) is 22.0 Å². The lowest BCUT2D eigenvalue weighted by atomic mass is 10.0. The van der Waals surface area contributed by atoms with Crippen molar-refractivity contribution in [3.05, 3.63) is 106 Å². The first-order valence-corrected chi connectivity index (χ1v) is 12.0. The van der Waals surface area contributed by atoms with E-state index in [0.717, 1.165) is 22.8 Å². The number of hydrogen-bond donors (Lipinski definition) is 0. The highest BCUT2D eigenvalue weighted by atomic mass is 35.5. The zero-order valence-corrected chi connectivity index (χ0v) is 21.2. The van der Waals surface area contributed by atoms with E-state index in [-0.39, 0.29) is 29.0 Å². The first-order valence-electron chi connectivity index (χ1n) is 11.6. The van der Waals surface area contributed by atoms with Crippen molar-refractivity contribution >= 4 is 22.6 Å².